The van der Waals surface area contributed by atoms with Crippen LogP contribution in [0, 0.1) is 0 Å². The van der Waals surface area contributed by atoms with Crippen molar-refractivity contribution in [3.05, 3.63) is 47.5 Å². The molecule has 1 N–H and O–H groups in total. The summed E-state index contributed by atoms with van der Waals surface area (Å²) in [6.07, 6.45) is 7.20. The number of allylic oxidation sites excluding steroid dienone is 1. The quantitative estimate of drug-likeness (QED) is 0.446. The molecule has 3 nitrogen and oxygen atoms in total. The summed E-state index contributed by atoms with van der Waals surface area (Å²) in [6, 6.07) is 8.53. The minimum Gasteiger partial charge on any atom is -0.285 e. The summed E-state index contributed by atoms with van der Waals surface area (Å²) in [5.41, 5.74) is 2.94. The Bertz CT molecular complexity index is 571. The van der Waals surface area contributed by atoms with Gasteiger partial charge in [0.25, 0.3) is 10.1 Å². The fourth-order valence-electron chi connectivity index (χ4n) is 2.31. The van der Waals surface area contributed by atoms with Crippen LogP contribution in [0.2, 0.25) is 0 Å². The second-order valence-electron chi connectivity index (χ2n) is 6.01. The zero-order valence-electron chi connectivity index (χ0n) is 13.2. The van der Waals surface area contributed by atoms with Gasteiger partial charge in [0.05, 0.1) is 5.75 Å². The molecule has 1 aromatic carbocycles. The highest BCUT2D eigenvalue weighted by molar-refractivity contribution is 7.85. The molecule has 0 aliphatic rings. The van der Waals surface area contributed by atoms with E-state index in [1.807, 2.05) is 6.08 Å². The van der Waals surface area contributed by atoms with Crippen LogP contribution >= 0.6 is 0 Å². The standard InChI is InChI=1S/C17H26O3S/c1-4-17(2,3)16-13-9-8-12-15(16)11-7-5-6-10-14-21(18,19)20/h6,8-10,12-13H,4-5,7,11,14H2,1-3H3,(H,18,19,20). The van der Waals surface area contributed by atoms with Crippen molar-refractivity contribution in [3.63, 3.8) is 0 Å². The van der Waals surface area contributed by atoms with Gasteiger partial charge in [0.1, 0.15) is 0 Å². The molecule has 0 saturated carbocycles. The molecule has 0 fully saturated rings. The third kappa shape index (κ3) is 6.44. The van der Waals surface area contributed by atoms with Crippen molar-refractivity contribution >= 4 is 10.1 Å². The molecule has 0 bridgehead atoms. The Morgan fingerprint density at radius 3 is 2.48 bits per heavy atom. The number of aryl methyl sites for hydroxylation is 1. The van der Waals surface area contributed by atoms with Crippen molar-refractivity contribution in [3.8, 4) is 0 Å². The lowest BCUT2D eigenvalue weighted by molar-refractivity contribution is 0.486. The van der Waals surface area contributed by atoms with Crippen LogP contribution in [0.15, 0.2) is 36.4 Å². The van der Waals surface area contributed by atoms with Crippen LogP contribution in [0.4, 0.5) is 0 Å². The Hall–Kier alpha value is -1.13. The SMILES string of the molecule is CCC(C)(C)c1ccccc1CCCC=CCS(=O)(=O)O. The second-order valence-corrected chi connectivity index (χ2v) is 7.50. The molecule has 0 heterocycles. The molecule has 0 amide bonds. The molecule has 1 rings (SSSR count). The number of benzene rings is 1. The van der Waals surface area contributed by atoms with E-state index in [0.29, 0.717) is 0 Å². The Morgan fingerprint density at radius 2 is 1.86 bits per heavy atom. The van der Waals surface area contributed by atoms with Crippen molar-refractivity contribution in [2.45, 2.75) is 51.9 Å². The fourth-order valence-corrected chi connectivity index (χ4v) is 2.69. The van der Waals surface area contributed by atoms with E-state index in [1.165, 1.54) is 17.2 Å². The van der Waals surface area contributed by atoms with Gasteiger partial charge in [-0.25, -0.2) is 0 Å². The molecule has 118 valence electrons. The van der Waals surface area contributed by atoms with Gasteiger partial charge in [-0.1, -0.05) is 57.2 Å². The Kier molecular flexibility index (Phi) is 6.62. The van der Waals surface area contributed by atoms with Crippen LogP contribution < -0.4 is 0 Å². The van der Waals surface area contributed by atoms with E-state index in [2.05, 4.69) is 45.0 Å². The maximum atomic E-state index is 10.6. The van der Waals surface area contributed by atoms with Gasteiger partial charge >= 0.3 is 0 Å². The Morgan fingerprint density at radius 1 is 1.19 bits per heavy atom. The van der Waals surface area contributed by atoms with E-state index >= 15 is 0 Å². The Balaban J connectivity index is 2.57. The predicted molar refractivity (Wildman–Crippen MR) is 88.3 cm³/mol. The van der Waals surface area contributed by atoms with Crippen molar-refractivity contribution in [1.29, 1.82) is 0 Å². The molecule has 0 saturated heterocycles. The summed E-state index contributed by atoms with van der Waals surface area (Å²) < 4.78 is 29.8. The summed E-state index contributed by atoms with van der Waals surface area (Å²) >= 11 is 0. The first kappa shape index (κ1) is 17.9. The minimum atomic E-state index is -3.88. The van der Waals surface area contributed by atoms with Crippen LogP contribution in [0.5, 0.6) is 0 Å². The molecule has 0 aromatic heterocycles. The number of hydrogen-bond donors (Lipinski definition) is 1. The van der Waals surface area contributed by atoms with Crippen molar-refractivity contribution in [1.82, 2.24) is 0 Å². The Labute approximate surface area is 128 Å². The first-order valence-electron chi connectivity index (χ1n) is 7.45. The fraction of sp³-hybridized carbons (Fsp3) is 0.529. The molecular weight excluding hydrogens is 284 g/mol. The molecule has 21 heavy (non-hydrogen) atoms. The van der Waals surface area contributed by atoms with Gasteiger partial charge in [0.15, 0.2) is 0 Å². The van der Waals surface area contributed by atoms with Gasteiger partial charge in [-0.3, -0.25) is 4.55 Å². The second kappa shape index (κ2) is 7.76. The third-order valence-electron chi connectivity index (χ3n) is 3.92. The van der Waals surface area contributed by atoms with Crippen LogP contribution in [0.25, 0.3) is 0 Å². The molecular formula is C17H26O3S. The van der Waals surface area contributed by atoms with Crippen molar-refractivity contribution < 1.29 is 13.0 Å². The van der Waals surface area contributed by atoms with Gasteiger partial charge in [-0.05, 0) is 42.2 Å². The van der Waals surface area contributed by atoms with Gasteiger partial charge in [-0.2, -0.15) is 8.42 Å². The van der Waals surface area contributed by atoms with Crippen molar-refractivity contribution in [2.75, 3.05) is 5.75 Å². The van der Waals surface area contributed by atoms with Gasteiger partial charge in [0.2, 0.25) is 0 Å². The van der Waals surface area contributed by atoms with Gasteiger partial charge < -0.3 is 0 Å². The predicted octanol–water partition coefficient (Wildman–Crippen LogP) is 4.14. The van der Waals surface area contributed by atoms with E-state index in [4.69, 9.17) is 4.55 Å². The summed E-state index contributed by atoms with van der Waals surface area (Å²) in [5, 5.41) is 0. The average molecular weight is 310 g/mol. The topological polar surface area (TPSA) is 54.4 Å². The lowest BCUT2D eigenvalue weighted by atomic mass is 9.79. The first-order chi connectivity index (χ1) is 9.76. The molecule has 0 radical (unpaired) electrons. The molecule has 4 heteroatoms. The highest BCUT2D eigenvalue weighted by Crippen LogP contribution is 2.30. The van der Waals surface area contributed by atoms with Gasteiger partial charge in [-0.15, -0.1) is 0 Å². The molecule has 0 aliphatic carbocycles. The molecule has 0 aliphatic heterocycles. The summed E-state index contributed by atoms with van der Waals surface area (Å²) in [5.74, 6) is -0.299. The van der Waals surface area contributed by atoms with E-state index in [9.17, 15) is 8.42 Å². The van der Waals surface area contributed by atoms with E-state index in [1.54, 1.807) is 0 Å². The zero-order valence-corrected chi connectivity index (χ0v) is 14.0. The van der Waals surface area contributed by atoms with Crippen LogP contribution in [-0.2, 0) is 22.0 Å². The molecule has 0 unspecified atom stereocenters. The monoisotopic (exact) mass is 310 g/mol. The number of hydrogen-bond acceptors (Lipinski definition) is 2. The average Bonchev–Trinajstić information content (AvgIpc) is 2.42. The number of rotatable bonds is 8. The van der Waals surface area contributed by atoms with Gasteiger partial charge in [0, 0.05) is 0 Å². The minimum absolute atomic E-state index is 0.178. The van der Waals surface area contributed by atoms with Crippen LogP contribution in [-0.4, -0.2) is 18.7 Å². The summed E-state index contributed by atoms with van der Waals surface area (Å²) in [6.45, 7) is 6.73. The van der Waals surface area contributed by atoms with E-state index < -0.39 is 10.1 Å². The van der Waals surface area contributed by atoms with Crippen LogP contribution in [0.1, 0.15) is 51.2 Å². The number of unbranched alkanes of at least 4 members (excludes halogenated alkanes) is 1. The van der Waals surface area contributed by atoms with E-state index in [-0.39, 0.29) is 11.2 Å². The molecule has 0 spiro atoms. The van der Waals surface area contributed by atoms with Crippen molar-refractivity contribution in [2.24, 2.45) is 0 Å². The highest BCUT2D eigenvalue weighted by Gasteiger charge is 2.20. The van der Waals surface area contributed by atoms with E-state index in [0.717, 1.165) is 25.7 Å². The summed E-state index contributed by atoms with van der Waals surface area (Å²) in [4.78, 5) is 0. The molecule has 0 atom stereocenters. The largest absolute Gasteiger partial charge is 0.285 e. The maximum absolute atomic E-state index is 10.6. The zero-order chi connectivity index (χ0) is 15.9. The normalized spacial score (nSPS) is 13.0. The molecule has 1 aromatic rings. The summed E-state index contributed by atoms with van der Waals surface area (Å²) in [7, 11) is -3.88. The van der Waals surface area contributed by atoms with Crippen LogP contribution in [0.3, 0.4) is 0 Å². The smallest absolute Gasteiger partial charge is 0.268 e. The lowest BCUT2D eigenvalue weighted by Crippen LogP contribution is -2.17. The maximum Gasteiger partial charge on any atom is 0.268 e. The highest BCUT2D eigenvalue weighted by atomic mass is 32.2. The first-order valence-corrected chi connectivity index (χ1v) is 9.06. The third-order valence-corrected chi connectivity index (χ3v) is 4.53. The lowest BCUT2D eigenvalue weighted by Gasteiger charge is -2.26.